The first-order valence-corrected chi connectivity index (χ1v) is 22.5. The molecule has 310 valence electrons. The number of esters is 2. The minimum absolute atomic E-state index is 0.0632. The SMILES string of the molecule is CC/C=C\C/C=C\C/C=C\CCCCCCCC(=O)OCC(COCCCCCCCCCCCC)OC(=O)CCCCC/C=C\C/C=C\C/C=C\CC. The molecule has 0 aromatic heterocycles. The Balaban J connectivity index is 4.32. The van der Waals surface area contributed by atoms with Crippen LogP contribution in [0.4, 0.5) is 0 Å². The average molecular weight is 753 g/mol. The molecule has 0 rings (SSSR count). The second-order valence-corrected chi connectivity index (χ2v) is 14.5. The van der Waals surface area contributed by atoms with Crippen LogP contribution < -0.4 is 0 Å². The highest BCUT2D eigenvalue weighted by molar-refractivity contribution is 5.70. The Bertz CT molecular complexity index is 988. The summed E-state index contributed by atoms with van der Waals surface area (Å²) in [5.74, 6) is -0.452. The van der Waals surface area contributed by atoms with E-state index >= 15 is 0 Å². The highest BCUT2D eigenvalue weighted by Gasteiger charge is 2.17. The van der Waals surface area contributed by atoms with Crippen LogP contribution in [0, 0.1) is 0 Å². The first-order chi connectivity index (χ1) is 26.6. The van der Waals surface area contributed by atoms with Crippen LogP contribution in [0.25, 0.3) is 0 Å². The molecule has 0 saturated carbocycles. The number of hydrogen-bond donors (Lipinski definition) is 0. The molecule has 0 N–H and O–H groups in total. The third kappa shape index (κ3) is 42.1. The van der Waals surface area contributed by atoms with Gasteiger partial charge in [-0.3, -0.25) is 9.59 Å². The predicted octanol–water partition coefficient (Wildman–Crippen LogP) is 14.8. The molecule has 0 heterocycles. The van der Waals surface area contributed by atoms with Crippen LogP contribution in [0.1, 0.15) is 201 Å². The van der Waals surface area contributed by atoms with E-state index in [0.717, 1.165) is 103 Å². The van der Waals surface area contributed by atoms with Gasteiger partial charge in [0.1, 0.15) is 6.61 Å². The van der Waals surface area contributed by atoms with Crippen molar-refractivity contribution in [3.63, 3.8) is 0 Å². The lowest BCUT2D eigenvalue weighted by Crippen LogP contribution is -2.30. The van der Waals surface area contributed by atoms with Crippen molar-refractivity contribution in [1.29, 1.82) is 0 Å². The molecule has 0 fully saturated rings. The molecule has 0 amide bonds. The first kappa shape index (κ1) is 51.3. The lowest BCUT2D eigenvalue weighted by molar-refractivity contribution is -0.163. The number of hydrogen-bond acceptors (Lipinski definition) is 5. The molecule has 54 heavy (non-hydrogen) atoms. The maximum Gasteiger partial charge on any atom is 0.306 e. The predicted molar refractivity (Wildman–Crippen MR) is 233 cm³/mol. The van der Waals surface area contributed by atoms with Gasteiger partial charge in [0.15, 0.2) is 6.10 Å². The van der Waals surface area contributed by atoms with Crippen molar-refractivity contribution in [2.45, 2.75) is 207 Å². The second kappa shape index (κ2) is 44.7. The van der Waals surface area contributed by atoms with Crippen LogP contribution in [-0.2, 0) is 23.8 Å². The molecule has 0 radical (unpaired) electrons. The number of carbonyl (C=O) groups excluding carboxylic acids is 2. The lowest BCUT2D eigenvalue weighted by Gasteiger charge is -2.18. The zero-order valence-electron chi connectivity index (χ0n) is 35.5. The molecule has 0 saturated heterocycles. The van der Waals surface area contributed by atoms with E-state index in [0.29, 0.717) is 19.4 Å². The average Bonchev–Trinajstić information content (AvgIpc) is 3.17. The molecule has 1 atom stereocenters. The molecule has 0 bridgehead atoms. The minimum atomic E-state index is -0.556. The van der Waals surface area contributed by atoms with Gasteiger partial charge in [0.05, 0.1) is 6.61 Å². The fourth-order valence-corrected chi connectivity index (χ4v) is 5.95. The summed E-state index contributed by atoms with van der Waals surface area (Å²) < 4.78 is 17.3. The quantitative estimate of drug-likeness (QED) is 0.0354. The minimum Gasteiger partial charge on any atom is -0.462 e. The molecule has 1 unspecified atom stereocenters. The van der Waals surface area contributed by atoms with Crippen LogP contribution in [0.5, 0.6) is 0 Å². The van der Waals surface area contributed by atoms with Crippen molar-refractivity contribution in [3.05, 3.63) is 72.9 Å². The Kier molecular flexibility index (Phi) is 42.5. The largest absolute Gasteiger partial charge is 0.462 e. The molecule has 5 nitrogen and oxygen atoms in total. The summed E-state index contributed by atoms with van der Waals surface area (Å²) in [4.78, 5) is 25.2. The van der Waals surface area contributed by atoms with E-state index in [1.165, 1.54) is 64.2 Å². The van der Waals surface area contributed by atoms with Crippen molar-refractivity contribution >= 4 is 11.9 Å². The van der Waals surface area contributed by atoms with Gasteiger partial charge in [0, 0.05) is 19.4 Å². The summed E-state index contributed by atoms with van der Waals surface area (Å²) in [7, 11) is 0. The fourth-order valence-electron chi connectivity index (χ4n) is 5.95. The van der Waals surface area contributed by atoms with Gasteiger partial charge >= 0.3 is 11.9 Å². The van der Waals surface area contributed by atoms with Crippen molar-refractivity contribution in [2.75, 3.05) is 19.8 Å². The Morgan fingerprint density at radius 1 is 0.426 bits per heavy atom. The van der Waals surface area contributed by atoms with Gasteiger partial charge in [-0.25, -0.2) is 0 Å². The zero-order chi connectivity index (χ0) is 39.3. The van der Waals surface area contributed by atoms with Gasteiger partial charge in [-0.1, -0.05) is 177 Å². The van der Waals surface area contributed by atoms with Crippen molar-refractivity contribution in [3.8, 4) is 0 Å². The van der Waals surface area contributed by atoms with E-state index in [2.05, 4.69) is 93.7 Å². The maximum atomic E-state index is 12.7. The van der Waals surface area contributed by atoms with E-state index in [9.17, 15) is 9.59 Å². The molecule has 0 aromatic rings. The molecular formula is C49H84O5. The summed E-state index contributed by atoms with van der Waals surface area (Å²) >= 11 is 0. The van der Waals surface area contributed by atoms with Gasteiger partial charge in [0.25, 0.3) is 0 Å². The normalized spacial score (nSPS) is 12.9. The summed E-state index contributed by atoms with van der Waals surface area (Å²) in [6.07, 6.45) is 56.1. The van der Waals surface area contributed by atoms with Crippen molar-refractivity contribution < 1.29 is 23.8 Å². The summed E-state index contributed by atoms with van der Waals surface area (Å²) in [6, 6.07) is 0. The van der Waals surface area contributed by atoms with E-state index in [-0.39, 0.29) is 25.2 Å². The summed E-state index contributed by atoms with van der Waals surface area (Å²) in [5.41, 5.74) is 0. The Hall–Kier alpha value is -2.66. The molecule has 0 aliphatic rings. The highest BCUT2D eigenvalue weighted by Crippen LogP contribution is 2.12. The first-order valence-electron chi connectivity index (χ1n) is 22.5. The topological polar surface area (TPSA) is 61.8 Å². The Morgan fingerprint density at radius 2 is 0.833 bits per heavy atom. The van der Waals surface area contributed by atoms with Gasteiger partial charge in [-0.15, -0.1) is 0 Å². The number of ether oxygens (including phenoxy) is 3. The van der Waals surface area contributed by atoms with Gasteiger partial charge < -0.3 is 14.2 Å². The highest BCUT2D eigenvalue weighted by atomic mass is 16.6. The number of rotatable bonds is 40. The van der Waals surface area contributed by atoms with Gasteiger partial charge in [-0.05, 0) is 83.5 Å². The van der Waals surface area contributed by atoms with Crippen LogP contribution in [-0.4, -0.2) is 37.9 Å². The molecule has 0 aliphatic heterocycles. The van der Waals surface area contributed by atoms with Crippen molar-refractivity contribution in [1.82, 2.24) is 0 Å². The number of allylic oxidation sites excluding steroid dienone is 12. The van der Waals surface area contributed by atoms with Crippen LogP contribution in [0.3, 0.4) is 0 Å². The molecule has 5 heteroatoms. The lowest BCUT2D eigenvalue weighted by atomic mass is 10.1. The third-order valence-electron chi connectivity index (χ3n) is 9.24. The smallest absolute Gasteiger partial charge is 0.306 e. The zero-order valence-corrected chi connectivity index (χ0v) is 35.5. The van der Waals surface area contributed by atoms with E-state index in [1.54, 1.807) is 0 Å². The van der Waals surface area contributed by atoms with Crippen molar-refractivity contribution in [2.24, 2.45) is 0 Å². The number of carbonyl (C=O) groups is 2. The Labute approximate surface area is 334 Å². The van der Waals surface area contributed by atoms with Crippen LogP contribution in [0.15, 0.2) is 72.9 Å². The summed E-state index contributed by atoms with van der Waals surface area (Å²) in [5, 5.41) is 0. The molecule has 0 aromatic carbocycles. The molecular weight excluding hydrogens is 669 g/mol. The molecule has 0 spiro atoms. The van der Waals surface area contributed by atoms with E-state index < -0.39 is 6.10 Å². The molecule has 0 aliphatic carbocycles. The maximum absolute atomic E-state index is 12.7. The van der Waals surface area contributed by atoms with Gasteiger partial charge in [-0.2, -0.15) is 0 Å². The van der Waals surface area contributed by atoms with E-state index in [1.807, 2.05) is 0 Å². The van der Waals surface area contributed by atoms with Gasteiger partial charge in [0.2, 0.25) is 0 Å². The summed E-state index contributed by atoms with van der Waals surface area (Å²) in [6.45, 7) is 7.54. The van der Waals surface area contributed by atoms with Crippen LogP contribution in [0.2, 0.25) is 0 Å². The second-order valence-electron chi connectivity index (χ2n) is 14.5. The third-order valence-corrected chi connectivity index (χ3v) is 9.24. The van der Waals surface area contributed by atoms with E-state index in [4.69, 9.17) is 14.2 Å². The Morgan fingerprint density at radius 3 is 1.35 bits per heavy atom. The monoisotopic (exact) mass is 753 g/mol. The number of unbranched alkanes of at least 4 members (excludes halogenated alkanes) is 17. The standard InChI is InChI=1S/C49H84O5/c1-4-7-10-13-16-19-22-24-25-27-28-30-33-36-39-42-48(50)53-46-47(45-52-44-41-38-35-32-21-18-15-12-9-6-3)54-49(51)43-40-37-34-31-29-26-23-20-17-14-11-8-5-2/h7-8,10-11,16-17,19-20,24-26,29,47H,4-6,9,12-15,18,21-23,27-28,30-46H2,1-3H3/b10-7-,11-8-,19-16-,20-17-,25-24-,29-26-. The fraction of sp³-hybridized carbons (Fsp3) is 0.714. The van der Waals surface area contributed by atoms with Crippen LogP contribution >= 0.6 is 0 Å².